The Morgan fingerprint density at radius 3 is 2.47 bits per heavy atom. The molecule has 0 saturated heterocycles. The molecular formula is C12H14N4O2S. The Bertz CT molecular complexity index is 627. The van der Waals surface area contributed by atoms with Gasteiger partial charge in [0.15, 0.2) is 5.82 Å². The topological polar surface area (TPSA) is 84.0 Å². The molecule has 0 fully saturated rings. The van der Waals surface area contributed by atoms with Gasteiger partial charge in [-0.15, -0.1) is 5.10 Å². The minimum atomic E-state index is -3.62. The Morgan fingerprint density at radius 1 is 1.16 bits per heavy atom. The van der Waals surface area contributed by atoms with Crippen molar-refractivity contribution in [2.45, 2.75) is 11.4 Å². The van der Waals surface area contributed by atoms with Crippen molar-refractivity contribution >= 4 is 15.8 Å². The molecule has 2 rings (SSSR count). The highest BCUT2D eigenvalue weighted by molar-refractivity contribution is 7.92. The van der Waals surface area contributed by atoms with E-state index in [0.29, 0.717) is 6.54 Å². The number of benzene rings is 1. The van der Waals surface area contributed by atoms with Gasteiger partial charge in [-0.3, -0.25) is 4.72 Å². The van der Waals surface area contributed by atoms with Crippen LogP contribution in [-0.4, -0.2) is 25.7 Å². The normalized spacial score (nSPS) is 11.2. The van der Waals surface area contributed by atoms with Crippen LogP contribution in [0.2, 0.25) is 0 Å². The minimum Gasteiger partial charge on any atom is -0.316 e. The van der Waals surface area contributed by atoms with Crippen molar-refractivity contribution in [3.05, 3.63) is 48.2 Å². The molecule has 1 aromatic heterocycles. The Hall–Kier alpha value is -1.99. The quantitative estimate of drug-likeness (QED) is 0.852. The van der Waals surface area contributed by atoms with E-state index in [1.807, 2.05) is 7.05 Å². The average molecular weight is 278 g/mol. The Morgan fingerprint density at radius 2 is 1.89 bits per heavy atom. The smallest absolute Gasteiger partial charge is 0.263 e. The van der Waals surface area contributed by atoms with E-state index in [2.05, 4.69) is 20.2 Å². The van der Waals surface area contributed by atoms with Crippen LogP contribution in [0.3, 0.4) is 0 Å². The third-order valence-electron chi connectivity index (χ3n) is 2.43. The largest absolute Gasteiger partial charge is 0.316 e. The summed E-state index contributed by atoms with van der Waals surface area (Å²) in [7, 11) is -1.78. The molecule has 0 amide bonds. The Labute approximate surface area is 111 Å². The molecule has 0 saturated carbocycles. The lowest BCUT2D eigenvalue weighted by molar-refractivity contribution is 0.601. The highest BCUT2D eigenvalue weighted by Gasteiger charge is 2.14. The van der Waals surface area contributed by atoms with Gasteiger partial charge in [-0.2, -0.15) is 5.10 Å². The fourth-order valence-corrected chi connectivity index (χ4v) is 2.54. The van der Waals surface area contributed by atoms with Gasteiger partial charge in [-0.05, 0) is 36.9 Å². The first kappa shape index (κ1) is 13.4. The summed E-state index contributed by atoms with van der Waals surface area (Å²) in [5, 5.41) is 10.3. The van der Waals surface area contributed by atoms with Gasteiger partial charge in [0.2, 0.25) is 0 Å². The predicted octanol–water partition coefficient (Wildman–Crippen LogP) is 0.997. The molecule has 2 aromatic rings. The van der Waals surface area contributed by atoms with E-state index in [1.54, 1.807) is 36.4 Å². The van der Waals surface area contributed by atoms with Crippen LogP contribution in [0, 0.1) is 0 Å². The van der Waals surface area contributed by atoms with Crippen molar-refractivity contribution in [2.75, 3.05) is 11.8 Å². The SMILES string of the molecule is CNCc1ccc(S(=O)(=O)Nc2cccnn2)cc1. The lowest BCUT2D eigenvalue weighted by Crippen LogP contribution is -2.14. The second-order valence-electron chi connectivity index (χ2n) is 3.89. The Kier molecular flexibility index (Phi) is 4.08. The molecule has 7 heteroatoms. The summed E-state index contributed by atoms with van der Waals surface area (Å²) in [6, 6.07) is 9.81. The molecule has 0 atom stereocenters. The van der Waals surface area contributed by atoms with Crippen molar-refractivity contribution in [3.8, 4) is 0 Å². The van der Waals surface area contributed by atoms with Gasteiger partial charge < -0.3 is 5.32 Å². The number of sulfonamides is 1. The van der Waals surface area contributed by atoms with Gasteiger partial charge in [-0.1, -0.05) is 12.1 Å². The molecule has 0 aliphatic rings. The van der Waals surface area contributed by atoms with Crippen LogP contribution in [0.5, 0.6) is 0 Å². The molecule has 2 N–H and O–H groups in total. The molecule has 0 aliphatic carbocycles. The van der Waals surface area contributed by atoms with Crippen LogP contribution >= 0.6 is 0 Å². The van der Waals surface area contributed by atoms with Gasteiger partial charge in [0.05, 0.1) is 4.90 Å². The molecule has 1 aromatic carbocycles. The number of rotatable bonds is 5. The summed E-state index contributed by atoms with van der Waals surface area (Å²) < 4.78 is 26.5. The highest BCUT2D eigenvalue weighted by atomic mass is 32.2. The summed E-state index contributed by atoms with van der Waals surface area (Å²) in [5.74, 6) is 0.196. The second-order valence-corrected chi connectivity index (χ2v) is 5.57. The molecule has 0 aliphatic heterocycles. The first-order valence-corrected chi connectivity index (χ1v) is 7.14. The third kappa shape index (κ3) is 3.49. The predicted molar refractivity (Wildman–Crippen MR) is 72.0 cm³/mol. The fourth-order valence-electron chi connectivity index (χ4n) is 1.54. The number of hydrogen-bond acceptors (Lipinski definition) is 5. The van der Waals surface area contributed by atoms with Crippen molar-refractivity contribution in [1.82, 2.24) is 15.5 Å². The molecule has 0 spiro atoms. The van der Waals surface area contributed by atoms with E-state index >= 15 is 0 Å². The second kappa shape index (κ2) is 5.77. The van der Waals surface area contributed by atoms with Crippen LogP contribution in [0.4, 0.5) is 5.82 Å². The summed E-state index contributed by atoms with van der Waals surface area (Å²) in [6.07, 6.45) is 1.48. The molecule has 1 heterocycles. The van der Waals surface area contributed by atoms with E-state index < -0.39 is 10.0 Å². The van der Waals surface area contributed by atoms with E-state index in [0.717, 1.165) is 5.56 Å². The number of nitrogens with one attached hydrogen (secondary N) is 2. The fraction of sp³-hybridized carbons (Fsp3) is 0.167. The van der Waals surface area contributed by atoms with Gasteiger partial charge in [0.1, 0.15) is 0 Å². The average Bonchev–Trinajstić information content (AvgIpc) is 2.40. The maximum atomic E-state index is 12.1. The number of anilines is 1. The molecule has 0 bridgehead atoms. The van der Waals surface area contributed by atoms with E-state index in [4.69, 9.17) is 0 Å². The molecule has 19 heavy (non-hydrogen) atoms. The van der Waals surface area contributed by atoms with E-state index in [9.17, 15) is 8.42 Å². The lowest BCUT2D eigenvalue weighted by atomic mass is 10.2. The zero-order valence-electron chi connectivity index (χ0n) is 10.4. The first-order chi connectivity index (χ1) is 9.12. The van der Waals surface area contributed by atoms with Crippen molar-refractivity contribution in [2.24, 2.45) is 0 Å². The van der Waals surface area contributed by atoms with Gasteiger partial charge in [0.25, 0.3) is 10.0 Å². The lowest BCUT2D eigenvalue weighted by Gasteiger charge is -2.07. The molecular weight excluding hydrogens is 264 g/mol. The summed E-state index contributed by atoms with van der Waals surface area (Å²) >= 11 is 0. The Balaban J connectivity index is 2.20. The monoisotopic (exact) mass is 278 g/mol. The van der Waals surface area contributed by atoms with Crippen molar-refractivity contribution < 1.29 is 8.42 Å². The maximum Gasteiger partial charge on any atom is 0.263 e. The van der Waals surface area contributed by atoms with Crippen LogP contribution in [0.15, 0.2) is 47.5 Å². The molecule has 100 valence electrons. The van der Waals surface area contributed by atoms with Gasteiger partial charge in [0, 0.05) is 12.7 Å². The van der Waals surface area contributed by atoms with Crippen LogP contribution in [0.25, 0.3) is 0 Å². The molecule has 0 unspecified atom stereocenters. The summed E-state index contributed by atoms with van der Waals surface area (Å²) in [5.41, 5.74) is 1.01. The zero-order valence-corrected chi connectivity index (χ0v) is 11.2. The van der Waals surface area contributed by atoms with E-state index in [1.165, 1.54) is 6.20 Å². The van der Waals surface area contributed by atoms with Crippen LogP contribution in [0.1, 0.15) is 5.56 Å². The van der Waals surface area contributed by atoms with Gasteiger partial charge >= 0.3 is 0 Å². The summed E-state index contributed by atoms with van der Waals surface area (Å²) in [6.45, 7) is 0.692. The van der Waals surface area contributed by atoms with Crippen molar-refractivity contribution in [3.63, 3.8) is 0 Å². The highest BCUT2D eigenvalue weighted by Crippen LogP contribution is 2.14. The maximum absolute atomic E-state index is 12.1. The minimum absolute atomic E-state index is 0.193. The van der Waals surface area contributed by atoms with Gasteiger partial charge in [-0.25, -0.2) is 8.42 Å². The zero-order chi connectivity index (χ0) is 13.7. The summed E-state index contributed by atoms with van der Waals surface area (Å²) in [4.78, 5) is 0.193. The number of hydrogen-bond donors (Lipinski definition) is 2. The molecule has 0 radical (unpaired) electrons. The molecule has 6 nitrogen and oxygen atoms in total. The number of aromatic nitrogens is 2. The standard InChI is InChI=1S/C12H14N4O2S/c1-13-9-10-4-6-11(7-5-10)19(17,18)16-12-3-2-8-14-15-12/h2-8,13H,9H2,1H3,(H,15,16). The van der Waals surface area contributed by atoms with Crippen LogP contribution < -0.4 is 10.0 Å². The van der Waals surface area contributed by atoms with Crippen LogP contribution in [-0.2, 0) is 16.6 Å². The third-order valence-corrected chi connectivity index (χ3v) is 3.80. The van der Waals surface area contributed by atoms with Crippen molar-refractivity contribution in [1.29, 1.82) is 0 Å². The first-order valence-electron chi connectivity index (χ1n) is 5.66. The number of nitrogens with zero attached hydrogens (tertiary/aromatic N) is 2. The van der Waals surface area contributed by atoms with E-state index in [-0.39, 0.29) is 10.7 Å².